The first-order valence-electron chi connectivity index (χ1n) is 5.41. The standard InChI is InChI=1S/C13H14BrNO/c1-2-12(15-7-3-4-8-15)11-9-10(14)5-6-13(11)16/h1,5-6,9,12,16H,3-4,7-8H2. The minimum atomic E-state index is -0.111. The molecule has 0 aromatic heterocycles. The van der Waals surface area contributed by atoms with Gasteiger partial charge in [0, 0.05) is 10.0 Å². The van der Waals surface area contributed by atoms with Crippen LogP contribution < -0.4 is 0 Å². The second-order valence-electron chi connectivity index (χ2n) is 4.02. The molecule has 1 aliphatic rings. The molecule has 16 heavy (non-hydrogen) atoms. The minimum Gasteiger partial charge on any atom is -0.508 e. The summed E-state index contributed by atoms with van der Waals surface area (Å²) in [4.78, 5) is 2.24. The van der Waals surface area contributed by atoms with Crippen molar-refractivity contribution in [1.82, 2.24) is 4.90 Å². The Balaban J connectivity index is 2.32. The third-order valence-corrected chi connectivity index (χ3v) is 3.44. The highest BCUT2D eigenvalue weighted by Crippen LogP contribution is 2.32. The van der Waals surface area contributed by atoms with Gasteiger partial charge in [-0.1, -0.05) is 21.9 Å². The van der Waals surface area contributed by atoms with Gasteiger partial charge in [-0.3, -0.25) is 4.90 Å². The van der Waals surface area contributed by atoms with Crippen molar-refractivity contribution in [2.45, 2.75) is 18.9 Å². The molecule has 0 spiro atoms. The Bertz CT molecular complexity index is 418. The first-order valence-corrected chi connectivity index (χ1v) is 6.20. The van der Waals surface area contributed by atoms with Crippen molar-refractivity contribution in [2.75, 3.05) is 13.1 Å². The number of likely N-dealkylation sites (tertiary alicyclic amines) is 1. The van der Waals surface area contributed by atoms with E-state index in [1.165, 1.54) is 12.8 Å². The fourth-order valence-electron chi connectivity index (χ4n) is 2.14. The van der Waals surface area contributed by atoms with Gasteiger partial charge in [0.15, 0.2) is 0 Å². The molecule has 0 saturated carbocycles. The van der Waals surface area contributed by atoms with Gasteiger partial charge < -0.3 is 5.11 Å². The summed E-state index contributed by atoms with van der Waals surface area (Å²) in [6, 6.07) is 5.29. The molecule has 1 aromatic carbocycles. The van der Waals surface area contributed by atoms with Gasteiger partial charge in [-0.15, -0.1) is 6.42 Å². The Kier molecular flexibility index (Phi) is 3.52. The van der Waals surface area contributed by atoms with Crippen molar-refractivity contribution in [3.63, 3.8) is 0 Å². The van der Waals surface area contributed by atoms with Gasteiger partial charge in [0.05, 0.1) is 0 Å². The van der Waals surface area contributed by atoms with Crippen LogP contribution >= 0.6 is 15.9 Å². The zero-order valence-electron chi connectivity index (χ0n) is 8.99. The van der Waals surface area contributed by atoms with Gasteiger partial charge >= 0.3 is 0 Å². The SMILES string of the molecule is C#CC(c1cc(Br)ccc1O)N1CCCC1. The number of phenols is 1. The van der Waals surface area contributed by atoms with E-state index in [0.717, 1.165) is 23.1 Å². The summed E-state index contributed by atoms with van der Waals surface area (Å²) in [7, 11) is 0. The van der Waals surface area contributed by atoms with E-state index < -0.39 is 0 Å². The number of nitrogens with zero attached hydrogens (tertiary/aromatic N) is 1. The van der Waals surface area contributed by atoms with E-state index in [9.17, 15) is 5.11 Å². The lowest BCUT2D eigenvalue weighted by Gasteiger charge is -2.23. The highest BCUT2D eigenvalue weighted by Gasteiger charge is 2.23. The van der Waals surface area contributed by atoms with E-state index in [-0.39, 0.29) is 11.8 Å². The molecule has 1 aromatic rings. The molecule has 1 N–H and O–H groups in total. The highest BCUT2D eigenvalue weighted by atomic mass is 79.9. The van der Waals surface area contributed by atoms with E-state index in [1.807, 2.05) is 12.1 Å². The van der Waals surface area contributed by atoms with Crippen LogP contribution in [-0.2, 0) is 0 Å². The fraction of sp³-hybridized carbons (Fsp3) is 0.385. The maximum atomic E-state index is 9.85. The summed E-state index contributed by atoms with van der Waals surface area (Å²) in [6.07, 6.45) is 7.96. The number of halogens is 1. The Morgan fingerprint density at radius 3 is 2.69 bits per heavy atom. The molecule has 84 valence electrons. The van der Waals surface area contributed by atoms with Crippen molar-refractivity contribution < 1.29 is 5.11 Å². The molecule has 1 unspecified atom stereocenters. The van der Waals surface area contributed by atoms with Gasteiger partial charge in [0.1, 0.15) is 11.8 Å². The van der Waals surface area contributed by atoms with Crippen molar-refractivity contribution in [1.29, 1.82) is 0 Å². The summed E-state index contributed by atoms with van der Waals surface area (Å²) < 4.78 is 0.944. The predicted octanol–water partition coefficient (Wildman–Crippen LogP) is 2.92. The van der Waals surface area contributed by atoms with Crippen LogP contribution in [-0.4, -0.2) is 23.1 Å². The normalized spacial score (nSPS) is 18.2. The zero-order valence-corrected chi connectivity index (χ0v) is 10.6. The summed E-state index contributed by atoms with van der Waals surface area (Å²) in [5.41, 5.74) is 0.818. The van der Waals surface area contributed by atoms with Crippen LogP contribution in [0.4, 0.5) is 0 Å². The Morgan fingerprint density at radius 1 is 1.38 bits per heavy atom. The minimum absolute atomic E-state index is 0.111. The van der Waals surface area contributed by atoms with Crippen LogP contribution in [0.3, 0.4) is 0 Å². The monoisotopic (exact) mass is 279 g/mol. The second-order valence-corrected chi connectivity index (χ2v) is 4.93. The lowest BCUT2D eigenvalue weighted by atomic mass is 10.1. The molecule has 0 bridgehead atoms. The van der Waals surface area contributed by atoms with E-state index >= 15 is 0 Å². The molecule has 0 aliphatic carbocycles. The van der Waals surface area contributed by atoms with Gasteiger partial charge in [-0.25, -0.2) is 0 Å². The largest absolute Gasteiger partial charge is 0.508 e. The number of hydrogen-bond donors (Lipinski definition) is 1. The van der Waals surface area contributed by atoms with E-state index in [0.29, 0.717) is 0 Å². The van der Waals surface area contributed by atoms with Crippen LogP contribution in [0, 0.1) is 12.3 Å². The summed E-state index contributed by atoms with van der Waals surface area (Å²) in [5.74, 6) is 3.05. The highest BCUT2D eigenvalue weighted by molar-refractivity contribution is 9.10. The average Bonchev–Trinajstić information content (AvgIpc) is 2.78. The van der Waals surface area contributed by atoms with Crippen molar-refractivity contribution >= 4 is 15.9 Å². The number of rotatable bonds is 2. The number of benzene rings is 1. The summed E-state index contributed by atoms with van der Waals surface area (Å²) in [5, 5.41) is 9.85. The molecule has 1 saturated heterocycles. The van der Waals surface area contributed by atoms with Crippen molar-refractivity contribution in [2.24, 2.45) is 0 Å². The van der Waals surface area contributed by atoms with Gasteiger partial charge in [0.25, 0.3) is 0 Å². The molecule has 1 aliphatic heterocycles. The number of hydrogen-bond acceptors (Lipinski definition) is 2. The molecule has 2 rings (SSSR count). The number of terminal acetylenes is 1. The zero-order chi connectivity index (χ0) is 11.5. The van der Waals surface area contributed by atoms with Crippen molar-refractivity contribution in [3.8, 4) is 18.1 Å². The Hall–Kier alpha value is -0.980. The molecule has 3 heteroatoms. The maximum Gasteiger partial charge on any atom is 0.121 e. The molecule has 1 heterocycles. The quantitative estimate of drug-likeness (QED) is 0.842. The summed E-state index contributed by atoms with van der Waals surface area (Å²) >= 11 is 3.40. The number of aromatic hydroxyl groups is 1. The van der Waals surface area contributed by atoms with Gasteiger partial charge in [0.2, 0.25) is 0 Å². The Labute approximate surface area is 104 Å². The Morgan fingerprint density at radius 2 is 2.06 bits per heavy atom. The molecule has 0 amide bonds. The van der Waals surface area contributed by atoms with E-state index in [1.54, 1.807) is 6.07 Å². The third kappa shape index (κ3) is 2.23. The summed E-state index contributed by atoms with van der Waals surface area (Å²) in [6.45, 7) is 2.03. The average molecular weight is 280 g/mol. The molecular formula is C13H14BrNO. The van der Waals surface area contributed by atoms with Crippen LogP contribution in [0.25, 0.3) is 0 Å². The van der Waals surface area contributed by atoms with Crippen molar-refractivity contribution in [3.05, 3.63) is 28.2 Å². The van der Waals surface area contributed by atoms with Crippen LogP contribution in [0.15, 0.2) is 22.7 Å². The first-order chi connectivity index (χ1) is 7.72. The smallest absolute Gasteiger partial charge is 0.121 e. The maximum absolute atomic E-state index is 9.85. The van der Waals surface area contributed by atoms with Gasteiger partial charge in [-0.2, -0.15) is 0 Å². The number of phenolic OH excluding ortho intramolecular Hbond substituents is 1. The predicted molar refractivity (Wildman–Crippen MR) is 68.2 cm³/mol. The first kappa shape index (κ1) is 11.5. The fourth-order valence-corrected chi connectivity index (χ4v) is 2.51. The van der Waals surface area contributed by atoms with E-state index in [4.69, 9.17) is 6.42 Å². The second kappa shape index (κ2) is 4.90. The third-order valence-electron chi connectivity index (χ3n) is 2.95. The lowest BCUT2D eigenvalue weighted by Crippen LogP contribution is -2.24. The van der Waals surface area contributed by atoms with Crippen LogP contribution in [0.2, 0.25) is 0 Å². The molecule has 2 nitrogen and oxygen atoms in total. The topological polar surface area (TPSA) is 23.5 Å². The van der Waals surface area contributed by atoms with Crippen LogP contribution in [0.1, 0.15) is 24.4 Å². The molecule has 0 radical (unpaired) electrons. The van der Waals surface area contributed by atoms with Gasteiger partial charge in [-0.05, 0) is 44.1 Å². The van der Waals surface area contributed by atoms with Crippen LogP contribution in [0.5, 0.6) is 5.75 Å². The lowest BCUT2D eigenvalue weighted by molar-refractivity contribution is 0.290. The molecule has 1 atom stereocenters. The molecule has 1 fully saturated rings. The van der Waals surface area contributed by atoms with E-state index in [2.05, 4.69) is 26.8 Å². The molecular weight excluding hydrogens is 266 g/mol.